The van der Waals surface area contributed by atoms with Crippen LogP contribution in [0.2, 0.25) is 0 Å². The van der Waals surface area contributed by atoms with Crippen molar-refractivity contribution in [2.75, 3.05) is 17.7 Å². The third-order valence-electron chi connectivity index (χ3n) is 3.21. The van der Waals surface area contributed by atoms with Crippen molar-refractivity contribution in [3.8, 4) is 0 Å². The molecule has 0 aliphatic rings. The molecule has 0 spiro atoms. The summed E-state index contributed by atoms with van der Waals surface area (Å²) in [6.07, 6.45) is 4.93. The molecule has 1 aromatic heterocycles. The molecule has 1 unspecified atom stereocenters. The average molecular weight is 293 g/mol. The Bertz CT molecular complexity index is 461. The summed E-state index contributed by atoms with van der Waals surface area (Å²) in [5.74, 6) is 0.857. The summed E-state index contributed by atoms with van der Waals surface area (Å²) in [7, 11) is 0. The molecule has 0 amide bonds. The van der Waals surface area contributed by atoms with Crippen LogP contribution in [0.1, 0.15) is 57.3 Å². The Balaban J connectivity index is 2.71. The van der Waals surface area contributed by atoms with E-state index in [0.717, 1.165) is 12.8 Å². The number of esters is 1. The summed E-state index contributed by atoms with van der Waals surface area (Å²) in [5, 5.41) is 3.28. The first-order valence-corrected chi connectivity index (χ1v) is 7.63. The van der Waals surface area contributed by atoms with Crippen molar-refractivity contribution in [2.24, 2.45) is 5.92 Å². The molecule has 1 atom stereocenters. The van der Waals surface area contributed by atoms with Crippen molar-refractivity contribution < 1.29 is 9.53 Å². The predicted molar refractivity (Wildman–Crippen MR) is 86.4 cm³/mol. The number of nitrogens with one attached hydrogen (secondary N) is 1. The second kappa shape index (κ2) is 8.49. The zero-order chi connectivity index (χ0) is 15.8. The van der Waals surface area contributed by atoms with Crippen LogP contribution in [0.15, 0.2) is 12.3 Å². The number of nitrogens with two attached hydrogens (primary N) is 1. The number of carbonyl (C=O) groups is 1. The Morgan fingerprint density at radius 1 is 1.38 bits per heavy atom. The monoisotopic (exact) mass is 293 g/mol. The molecule has 3 N–H and O–H groups in total. The van der Waals surface area contributed by atoms with Gasteiger partial charge in [-0.25, -0.2) is 9.78 Å². The molecule has 0 bridgehead atoms. The second-order valence-electron chi connectivity index (χ2n) is 5.76. The van der Waals surface area contributed by atoms with E-state index in [0.29, 0.717) is 29.6 Å². The quantitative estimate of drug-likeness (QED) is 0.718. The van der Waals surface area contributed by atoms with Gasteiger partial charge in [0, 0.05) is 6.04 Å². The third kappa shape index (κ3) is 6.02. The summed E-state index contributed by atoms with van der Waals surface area (Å²) < 4.78 is 5.04. The molecule has 5 heteroatoms. The van der Waals surface area contributed by atoms with E-state index in [1.54, 1.807) is 19.2 Å². The standard InChI is InChI=1S/C16H27N3O2/c1-5-21-16(20)14-9-13(17)10-18-15(14)19-12(4)8-6-7-11(2)3/h9-12H,5-8,17H2,1-4H3,(H,18,19). The lowest BCUT2D eigenvalue weighted by atomic mass is 10.0. The smallest absolute Gasteiger partial charge is 0.341 e. The Kier molecular flexibility index (Phi) is 6.99. The highest BCUT2D eigenvalue weighted by Crippen LogP contribution is 2.19. The lowest BCUT2D eigenvalue weighted by Crippen LogP contribution is -2.19. The maximum absolute atomic E-state index is 11.9. The van der Waals surface area contributed by atoms with Crippen LogP contribution in [-0.4, -0.2) is 23.6 Å². The first-order chi connectivity index (χ1) is 9.93. The maximum Gasteiger partial charge on any atom is 0.341 e. The fourth-order valence-electron chi connectivity index (χ4n) is 2.10. The van der Waals surface area contributed by atoms with Crippen LogP contribution in [0.4, 0.5) is 11.5 Å². The van der Waals surface area contributed by atoms with Crippen LogP contribution in [0.5, 0.6) is 0 Å². The molecule has 5 nitrogen and oxygen atoms in total. The van der Waals surface area contributed by atoms with Gasteiger partial charge in [0.25, 0.3) is 0 Å². The zero-order valence-electron chi connectivity index (χ0n) is 13.5. The number of carbonyl (C=O) groups excluding carboxylic acids is 1. The van der Waals surface area contributed by atoms with Gasteiger partial charge in [0.1, 0.15) is 11.4 Å². The molecule has 0 saturated heterocycles. The van der Waals surface area contributed by atoms with Crippen molar-refractivity contribution in [1.82, 2.24) is 4.98 Å². The van der Waals surface area contributed by atoms with E-state index in [4.69, 9.17) is 10.5 Å². The van der Waals surface area contributed by atoms with Crippen LogP contribution in [-0.2, 0) is 4.74 Å². The van der Waals surface area contributed by atoms with Gasteiger partial charge in [0.15, 0.2) is 0 Å². The molecule has 0 radical (unpaired) electrons. The summed E-state index contributed by atoms with van der Waals surface area (Å²) >= 11 is 0. The maximum atomic E-state index is 11.9. The van der Waals surface area contributed by atoms with Gasteiger partial charge in [-0.05, 0) is 32.3 Å². The lowest BCUT2D eigenvalue weighted by molar-refractivity contribution is 0.0527. The van der Waals surface area contributed by atoms with Crippen molar-refractivity contribution >= 4 is 17.5 Å². The first-order valence-electron chi connectivity index (χ1n) is 7.63. The number of anilines is 2. The van der Waals surface area contributed by atoms with Gasteiger partial charge in [-0.3, -0.25) is 0 Å². The largest absolute Gasteiger partial charge is 0.462 e. The van der Waals surface area contributed by atoms with Gasteiger partial charge in [-0.15, -0.1) is 0 Å². The molecule has 0 aromatic carbocycles. The van der Waals surface area contributed by atoms with Crippen molar-refractivity contribution in [3.05, 3.63) is 17.8 Å². The molecule has 0 aliphatic heterocycles. The van der Waals surface area contributed by atoms with Gasteiger partial charge in [-0.1, -0.05) is 26.7 Å². The van der Waals surface area contributed by atoms with E-state index in [1.165, 1.54) is 6.42 Å². The number of hydrogen-bond acceptors (Lipinski definition) is 5. The van der Waals surface area contributed by atoms with Gasteiger partial charge in [0.2, 0.25) is 0 Å². The van der Waals surface area contributed by atoms with Gasteiger partial charge >= 0.3 is 5.97 Å². The van der Waals surface area contributed by atoms with Crippen molar-refractivity contribution in [1.29, 1.82) is 0 Å². The van der Waals surface area contributed by atoms with Crippen LogP contribution in [0.3, 0.4) is 0 Å². The van der Waals surface area contributed by atoms with E-state index in [2.05, 4.69) is 31.1 Å². The molecule has 21 heavy (non-hydrogen) atoms. The van der Waals surface area contributed by atoms with Gasteiger partial charge in [-0.2, -0.15) is 0 Å². The minimum atomic E-state index is -0.394. The normalized spacial score (nSPS) is 12.2. The number of pyridine rings is 1. The third-order valence-corrected chi connectivity index (χ3v) is 3.21. The van der Waals surface area contributed by atoms with Crippen LogP contribution in [0, 0.1) is 5.92 Å². The van der Waals surface area contributed by atoms with Crippen LogP contribution in [0.25, 0.3) is 0 Å². The molecule has 0 saturated carbocycles. The molecule has 0 fully saturated rings. The van der Waals surface area contributed by atoms with E-state index < -0.39 is 5.97 Å². The average Bonchev–Trinajstić information content (AvgIpc) is 2.40. The summed E-state index contributed by atoms with van der Waals surface area (Å²) in [6, 6.07) is 1.85. The predicted octanol–water partition coefficient (Wildman–Crippen LogP) is 3.47. The Hall–Kier alpha value is -1.78. The fraction of sp³-hybridized carbons (Fsp3) is 0.625. The number of nitrogens with zero attached hydrogens (tertiary/aromatic N) is 1. The van der Waals surface area contributed by atoms with Crippen molar-refractivity contribution in [2.45, 2.75) is 53.0 Å². The number of nitrogen functional groups attached to an aromatic ring is 1. The Morgan fingerprint density at radius 2 is 2.10 bits per heavy atom. The highest BCUT2D eigenvalue weighted by Gasteiger charge is 2.16. The van der Waals surface area contributed by atoms with Crippen LogP contribution >= 0.6 is 0 Å². The number of rotatable bonds is 8. The molecule has 1 heterocycles. The summed E-state index contributed by atoms with van der Waals surface area (Å²) in [6.45, 7) is 8.64. The molecule has 1 aromatic rings. The number of hydrogen-bond donors (Lipinski definition) is 2. The first kappa shape index (κ1) is 17.3. The minimum Gasteiger partial charge on any atom is -0.462 e. The number of ether oxygens (including phenoxy) is 1. The topological polar surface area (TPSA) is 77.2 Å². The summed E-state index contributed by atoms with van der Waals surface area (Å²) in [5.41, 5.74) is 6.56. The second-order valence-corrected chi connectivity index (χ2v) is 5.76. The summed E-state index contributed by atoms with van der Waals surface area (Å²) in [4.78, 5) is 16.2. The lowest BCUT2D eigenvalue weighted by Gasteiger charge is -2.17. The Morgan fingerprint density at radius 3 is 2.71 bits per heavy atom. The molecular formula is C16H27N3O2. The van der Waals surface area contributed by atoms with E-state index in [9.17, 15) is 4.79 Å². The van der Waals surface area contributed by atoms with E-state index in [1.807, 2.05) is 0 Å². The van der Waals surface area contributed by atoms with Crippen LogP contribution < -0.4 is 11.1 Å². The van der Waals surface area contributed by atoms with E-state index in [-0.39, 0.29) is 6.04 Å². The highest BCUT2D eigenvalue weighted by atomic mass is 16.5. The molecular weight excluding hydrogens is 266 g/mol. The number of aromatic nitrogens is 1. The minimum absolute atomic E-state index is 0.244. The zero-order valence-corrected chi connectivity index (χ0v) is 13.5. The van der Waals surface area contributed by atoms with E-state index >= 15 is 0 Å². The van der Waals surface area contributed by atoms with Crippen molar-refractivity contribution in [3.63, 3.8) is 0 Å². The fourth-order valence-corrected chi connectivity index (χ4v) is 2.10. The molecule has 1 rings (SSSR count). The highest BCUT2D eigenvalue weighted by molar-refractivity contribution is 5.95. The van der Waals surface area contributed by atoms with Gasteiger partial charge < -0.3 is 15.8 Å². The molecule has 0 aliphatic carbocycles. The molecule has 118 valence electrons. The Labute approximate surface area is 127 Å². The SMILES string of the molecule is CCOC(=O)c1cc(N)cnc1NC(C)CCCC(C)C. The van der Waals surface area contributed by atoms with Gasteiger partial charge in [0.05, 0.1) is 18.5 Å².